The zero-order chi connectivity index (χ0) is 19.6. The molecule has 0 aliphatic heterocycles. The molecule has 2 rings (SSSR count). The molecule has 0 aliphatic rings. The van der Waals surface area contributed by atoms with Crippen molar-refractivity contribution in [2.45, 2.75) is 20.4 Å². The zero-order valence-electron chi connectivity index (χ0n) is 15.7. The predicted molar refractivity (Wildman–Crippen MR) is 102 cm³/mol. The summed E-state index contributed by atoms with van der Waals surface area (Å²) in [6.07, 6.45) is -0.529. The second-order valence-corrected chi connectivity index (χ2v) is 5.52. The summed E-state index contributed by atoms with van der Waals surface area (Å²) in [5.41, 5.74) is 1.94. The zero-order valence-corrected chi connectivity index (χ0v) is 15.7. The van der Waals surface area contributed by atoms with Crippen molar-refractivity contribution in [1.29, 1.82) is 0 Å². The van der Waals surface area contributed by atoms with E-state index >= 15 is 0 Å². The number of anilines is 1. The molecule has 0 atom stereocenters. The maximum Gasteiger partial charge on any atom is 0.411 e. The lowest BCUT2D eigenvalue weighted by Crippen LogP contribution is -2.22. The maximum absolute atomic E-state index is 12.3. The van der Waals surface area contributed by atoms with Crippen molar-refractivity contribution < 1.29 is 23.8 Å². The highest BCUT2D eigenvalue weighted by Crippen LogP contribution is 2.28. The van der Waals surface area contributed by atoms with Gasteiger partial charge in [-0.15, -0.1) is 0 Å². The number of carbonyl (C=O) groups is 2. The van der Waals surface area contributed by atoms with Crippen LogP contribution < -0.4 is 20.1 Å². The van der Waals surface area contributed by atoms with E-state index in [-0.39, 0.29) is 5.91 Å². The van der Waals surface area contributed by atoms with Crippen LogP contribution in [0.5, 0.6) is 11.5 Å². The molecular formula is C20H24N2O5. The third-order valence-electron chi connectivity index (χ3n) is 3.65. The lowest BCUT2D eigenvalue weighted by atomic mass is 10.1. The van der Waals surface area contributed by atoms with Gasteiger partial charge in [0.25, 0.3) is 5.91 Å². The van der Waals surface area contributed by atoms with E-state index in [0.717, 1.165) is 5.56 Å². The fourth-order valence-electron chi connectivity index (χ4n) is 2.37. The van der Waals surface area contributed by atoms with Crippen LogP contribution in [0.2, 0.25) is 0 Å². The normalized spacial score (nSPS) is 10.0. The summed E-state index contributed by atoms with van der Waals surface area (Å²) in [5.74, 6) is 1.07. The number of ether oxygens (including phenoxy) is 3. The number of methoxy groups -OCH3 is 1. The van der Waals surface area contributed by atoms with Gasteiger partial charge in [0.1, 0.15) is 0 Å². The van der Waals surface area contributed by atoms with Gasteiger partial charge in [-0.3, -0.25) is 10.1 Å². The van der Waals surface area contributed by atoms with E-state index in [4.69, 9.17) is 14.2 Å². The van der Waals surface area contributed by atoms with Crippen molar-refractivity contribution in [3.8, 4) is 11.5 Å². The van der Waals surface area contributed by atoms with E-state index in [0.29, 0.717) is 42.5 Å². The number of benzene rings is 2. The highest BCUT2D eigenvalue weighted by molar-refractivity contribution is 5.95. The summed E-state index contributed by atoms with van der Waals surface area (Å²) < 4.78 is 15.6. The summed E-state index contributed by atoms with van der Waals surface area (Å²) in [4.78, 5) is 23.7. The predicted octanol–water partition coefficient (Wildman–Crippen LogP) is 3.59. The van der Waals surface area contributed by atoms with Gasteiger partial charge < -0.3 is 19.5 Å². The Morgan fingerprint density at radius 3 is 2.33 bits per heavy atom. The first-order valence-electron chi connectivity index (χ1n) is 8.69. The van der Waals surface area contributed by atoms with Crippen LogP contribution in [-0.2, 0) is 11.3 Å². The first-order chi connectivity index (χ1) is 13.1. The van der Waals surface area contributed by atoms with Crippen LogP contribution in [-0.4, -0.2) is 32.3 Å². The molecule has 27 heavy (non-hydrogen) atoms. The minimum absolute atomic E-state index is 0.217. The van der Waals surface area contributed by atoms with E-state index in [1.54, 1.807) is 38.3 Å². The van der Waals surface area contributed by atoms with Gasteiger partial charge in [-0.1, -0.05) is 6.07 Å². The van der Waals surface area contributed by atoms with Crippen LogP contribution in [0.1, 0.15) is 29.8 Å². The van der Waals surface area contributed by atoms with E-state index in [1.807, 2.05) is 25.1 Å². The number of hydrogen-bond acceptors (Lipinski definition) is 5. The van der Waals surface area contributed by atoms with Crippen molar-refractivity contribution in [3.05, 3.63) is 53.6 Å². The Kier molecular flexibility index (Phi) is 7.49. The van der Waals surface area contributed by atoms with E-state index in [9.17, 15) is 9.59 Å². The molecule has 0 aromatic heterocycles. The molecule has 2 aromatic carbocycles. The Morgan fingerprint density at radius 2 is 1.70 bits per heavy atom. The smallest absolute Gasteiger partial charge is 0.411 e. The topological polar surface area (TPSA) is 85.9 Å². The van der Waals surface area contributed by atoms with Crippen molar-refractivity contribution in [2.75, 3.05) is 25.6 Å². The van der Waals surface area contributed by atoms with Crippen molar-refractivity contribution in [1.82, 2.24) is 5.32 Å². The van der Waals surface area contributed by atoms with Crippen molar-refractivity contribution in [3.63, 3.8) is 0 Å². The summed E-state index contributed by atoms with van der Waals surface area (Å²) in [5, 5.41) is 5.43. The highest BCUT2D eigenvalue weighted by atomic mass is 16.5. The molecule has 0 saturated heterocycles. The first-order valence-corrected chi connectivity index (χ1v) is 8.69. The van der Waals surface area contributed by atoms with Gasteiger partial charge in [-0.05, 0) is 55.8 Å². The second-order valence-electron chi connectivity index (χ2n) is 5.52. The average molecular weight is 372 g/mol. The summed E-state index contributed by atoms with van der Waals surface area (Å²) in [6.45, 7) is 4.83. The van der Waals surface area contributed by atoms with Gasteiger partial charge >= 0.3 is 6.09 Å². The van der Waals surface area contributed by atoms with Crippen molar-refractivity contribution >= 4 is 17.7 Å². The summed E-state index contributed by atoms with van der Waals surface area (Å²) in [6, 6.07) is 12.1. The number of carbonyl (C=O) groups excluding carboxylic acids is 2. The Labute approximate surface area is 158 Å². The monoisotopic (exact) mass is 372 g/mol. The van der Waals surface area contributed by atoms with Crippen LogP contribution in [0, 0.1) is 0 Å². The van der Waals surface area contributed by atoms with E-state index < -0.39 is 6.09 Å². The molecule has 144 valence electrons. The van der Waals surface area contributed by atoms with E-state index in [1.165, 1.54) is 0 Å². The Hall–Kier alpha value is -3.22. The quantitative estimate of drug-likeness (QED) is 0.740. The fourth-order valence-corrected chi connectivity index (χ4v) is 2.37. The standard InChI is InChI=1S/C20H24N2O5/c1-4-26-17-11-6-14(12-18(17)25-3)13-21-19(23)15-7-9-16(10-8-15)22-20(24)27-5-2/h6-12H,4-5,13H2,1-3H3,(H,21,23)(H,22,24). The van der Waals surface area contributed by atoms with Crippen LogP contribution in [0.4, 0.5) is 10.5 Å². The summed E-state index contributed by atoms with van der Waals surface area (Å²) >= 11 is 0. The molecule has 2 amide bonds. The highest BCUT2D eigenvalue weighted by Gasteiger charge is 2.09. The SMILES string of the molecule is CCOC(=O)Nc1ccc(C(=O)NCc2ccc(OCC)c(OC)c2)cc1. The Balaban J connectivity index is 1.94. The van der Waals surface area contributed by atoms with Crippen LogP contribution in [0.15, 0.2) is 42.5 Å². The molecule has 0 saturated carbocycles. The molecule has 0 heterocycles. The molecular weight excluding hydrogens is 348 g/mol. The number of nitrogens with one attached hydrogen (secondary N) is 2. The third-order valence-corrected chi connectivity index (χ3v) is 3.65. The van der Waals surface area contributed by atoms with Gasteiger partial charge in [0.05, 0.1) is 20.3 Å². The molecule has 0 spiro atoms. The first kappa shape index (κ1) is 20.1. The molecule has 2 aromatic rings. The molecule has 0 aliphatic carbocycles. The largest absolute Gasteiger partial charge is 0.493 e. The van der Waals surface area contributed by atoms with Crippen LogP contribution >= 0.6 is 0 Å². The third kappa shape index (κ3) is 5.91. The summed E-state index contributed by atoms with van der Waals surface area (Å²) in [7, 11) is 1.58. The van der Waals surface area contributed by atoms with Gasteiger partial charge in [-0.25, -0.2) is 4.79 Å². The van der Waals surface area contributed by atoms with Crippen LogP contribution in [0.25, 0.3) is 0 Å². The molecule has 2 N–H and O–H groups in total. The second kappa shape index (κ2) is 10.1. The van der Waals surface area contributed by atoms with Crippen LogP contribution in [0.3, 0.4) is 0 Å². The maximum atomic E-state index is 12.3. The lowest BCUT2D eigenvalue weighted by molar-refractivity contribution is 0.0951. The molecule has 0 radical (unpaired) electrons. The van der Waals surface area contributed by atoms with Gasteiger partial charge in [0, 0.05) is 17.8 Å². The van der Waals surface area contributed by atoms with Gasteiger partial charge in [0.15, 0.2) is 11.5 Å². The Bertz CT molecular complexity index is 774. The minimum atomic E-state index is -0.529. The number of rotatable bonds is 8. The molecule has 0 unspecified atom stereocenters. The fraction of sp³-hybridized carbons (Fsp3) is 0.300. The number of amides is 2. The molecule has 0 fully saturated rings. The Morgan fingerprint density at radius 1 is 0.963 bits per heavy atom. The average Bonchev–Trinajstić information content (AvgIpc) is 2.68. The number of hydrogen-bond donors (Lipinski definition) is 2. The van der Waals surface area contributed by atoms with Gasteiger partial charge in [0.2, 0.25) is 0 Å². The van der Waals surface area contributed by atoms with Gasteiger partial charge in [-0.2, -0.15) is 0 Å². The molecule has 7 heteroatoms. The minimum Gasteiger partial charge on any atom is -0.493 e. The molecule has 7 nitrogen and oxygen atoms in total. The lowest BCUT2D eigenvalue weighted by Gasteiger charge is -2.12. The van der Waals surface area contributed by atoms with E-state index in [2.05, 4.69) is 10.6 Å². The molecule has 0 bridgehead atoms. The van der Waals surface area contributed by atoms with Crippen molar-refractivity contribution in [2.24, 2.45) is 0 Å².